The second-order valence-electron chi connectivity index (χ2n) is 7.88. The van der Waals surface area contributed by atoms with E-state index >= 15 is 0 Å². The van der Waals surface area contributed by atoms with Gasteiger partial charge in [-0.2, -0.15) is 0 Å². The van der Waals surface area contributed by atoms with Crippen molar-refractivity contribution in [3.8, 4) is 11.5 Å². The fourth-order valence-corrected chi connectivity index (χ4v) is 4.24. The summed E-state index contributed by atoms with van der Waals surface area (Å²) in [6, 6.07) is 17.3. The third kappa shape index (κ3) is 4.20. The van der Waals surface area contributed by atoms with Crippen LogP contribution in [0, 0.1) is 10.1 Å². The summed E-state index contributed by atoms with van der Waals surface area (Å²) in [6.07, 6.45) is 2.30. The van der Waals surface area contributed by atoms with Crippen molar-refractivity contribution in [3.05, 3.63) is 104 Å². The quantitative estimate of drug-likeness (QED) is 0.292. The molecule has 0 saturated heterocycles. The Morgan fingerprint density at radius 2 is 1.97 bits per heavy atom. The van der Waals surface area contributed by atoms with E-state index in [2.05, 4.69) is 4.90 Å². The molecule has 7 nitrogen and oxygen atoms in total. The molecule has 0 amide bonds. The van der Waals surface area contributed by atoms with Crippen LogP contribution in [0.25, 0.3) is 6.08 Å². The summed E-state index contributed by atoms with van der Waals surface area (Å²) in [7, 11) is 0. The third-order valence-electron chi connectivity index (χ3n) is 5.72. The van der Waals surface area contributed by atoms with Crippen molar-refractivity contribution in [2.24, 2.45) is 0 Å². The van der Waals surface area contributed by atoms with Gasteiger partial charge < -0.3 is 9.47 Å². The van der Waals surface area contributed by atoms with Gasteiger partial charge in [-0.1, -0.05) is 41.9 Å². The molecule has 166 valence electrons. The van der Waals surface area contributed by atoms with E-state index < -0.39 is 4.92 Å². The van der Waals surface area contributed by atoms with Crippen LogP contribution in [0.4, 0.5) is 5.69 Å². The zero-order valence-corrected chi connectivity index (χ0v) is 18.2. The van der Waals surface area contributed by atoms with Gasteiger partial charge in [-0.3, -0.25) is 19.8 Å². The van der Waals surface area contributed by atoms with Gasteiger partial charge in [0.2, 0.25) is 5.78 Å². The molecule has 2 heterocycles. The number of carbonyl (C=O) groups is 1. The Morgan fingerprint density at radius 3 is 2.79 bits per heavy atom. The number of benzene rings is 3. The number of carbonyl (C=O) groups excluding carboxylic acids is 1. The maximum Gasteiger partial charge on any atom is 0.270 e. The number of nitro benzene ring substituents is 1. The molecule has 5 rings (SSSR count). The van der Waals surface area contributed by atoms with Crippen LogP contribution in [0.5, 0.6) is 11.5 Å². The van der Waals surface area contributed by atoms with Crippen LogP contribution in [0.2, 0.25) is 5.02 Å². The first kappa shape index (κ1) is 21.2. The Labute approximate surface area is 195 Å². The third-order valence-corrected chi connectivity index (χ3v) is 6.09. The zero-order valence-electron chi connectivity index (χ0n) is 17.5. The van der Waals surface area contributed by atoms with E-state index in [1.54, 1.807) is 24.3 Å². The number of fused-ring (bicyclic) bond motifs is 3. The summed E-state index contributed by atoms with van der Waals surface area (Å²) in [4.78, 5) is 25.6. The first-order valence-electron chi connectivity index (χ1n) is 10.4. The van der Waals surface area contributed by atoms with Crippen molar-refractivity contribution >= 4 is 29.1 Å². The highest BCUT2D eigenvalue weighted by Gasteiger charge is 2.33. The fourth-order valence-electron chi connectivity index (χ4n) is 4.01. The lowest BCUT2D eigenvalue weighted by molar-refractivity contribution is -0.384. The van der Waals surface area contributed by atoms with Crippen LogP contribution in [0.3, 0.4) is 0 Å². The lowest BCUT2D eigenvalue weighted by Gasteiger charge is -2.29. The predicted octanol–water partition coefficient (Wildman–Crippen LogP) is 5.26. The van der Waals surface area contributed by atoms with Crippen molar-refractivity contribution in [1.29, 1.82) is 0 Å². The molecule has 0 saturated carbocycles. The van der Waals surface area contributed by atoms with E-state index in [-0.39, 0.29) is 17.2 Å². The Bertz CT molecular complexity index is 1300. The van der Waals surface area contributed by atoms with Gasteiger partial charge in [-0.05, 0) is 41.8 Å². The summed E-state index contributed by atoms with van der Waals surface area (Å²) in [5.74, 6) is 1.04. The number of rotatable bonds is 5. The summed E-state index contributed by atoms with van der Waals surface area (Å²) in [6.45, 7) is 1.73. The smallest absolute Gasteiger partial charge is 0.270 e. The largest absolute Gasteiger partial charge is 0.478 e. The van der Waals surface area contributed by atoms with Crippen molar-refractivity contribution in [2.45, 2.75) is 13.0 Å². The van der Waals surface area contributed by atoms with Gasteiger partial charge in [-0.15, -0.1) is 0 Å². The number of allylic oxidation sites excluding steroid dienone is 1. The molecular formula is C25H19ClN2O5. The molecular weight excluding hydrogens is 444 g/mol. The molecule has 0 bridgehead atoms. The van der Waals surface area contributed by atoms with Gasteiger partial charge in [0, 0.05) is 30.2 Å². The number of nitrogens with zero attached hydrogens (tertiary/aromatic N) is 2. The molecule has 3 aromatic carbocycles. The average Bonchev–Trinajstić information content (AvgIpc) is 3.14. The summed E-state index contributed by atoms with van der Waals surface area (Å²) < 4.78 is 11.9. The second-order valence-corrected chi connectivity index (χ2v) is 8.29. The molecule has 3 aromatic rings. The number of hydrogen-bond donors (Lipinski definition) is 0. The minimum atomic E-state index is -0.473. The zero-order chi connectivity index (χ0) is 22.9. The normalized spacial score (nSPS) is 16.2. The molecule has 2 aliphatic rings. The van der Waals surface area contributed by atoms with Crippen LogP contribution < -0.4 is 9.47 Å². The van der Waals surface area contributed by atoms with Crippen LogP contribution in [-0.4, -0.2) is 28.9 Å². The van der Waals surface area contributed by atoms with Crippen molar-refractivity contribution in [1.82, 2.24) is 4.90 Å². The van der Waals surface area contributed by atoms with E-state index in [1.165, 1.54) is 18.2 Å². The number of Topliss-reactive ketones (excluding diaryl/α,β-unsaturated/α-hetero) is 1. The topological polar surface area (TPSA) is 81.9 Å². The van der Waals surface area contributed by atoms with Crippen molar-refractivity contribution < 1.29 is 19.2 Å². The lowest BCUT2D eigenvalue weighted by Crippen LogP contribution is -2.33. The van der Waals surface area contributed by atoms with Crippen LogP contribution in [-0.2, 0) is 13.0 Å². The molecule has 2 aliphatic heterocycles. The van der Waals surface area contributed by atoms with E-state index in [0.717, 1.165) is 29.1 Å². The molecule has 0 fully saturated rings. The first-order chi connectivity index (χ1) is 16.0. The highest BCUT2D eigenvalue weighted by atomic mass is 35.5. The molecule has 0 aliphatic carbocycles. The van der Waals surface area contributed by atoms with E-state index in [9.17, 15) is 14.9 Å². The van der Waals surface area contributed by atoms with Gasteiger partial charge in [0.05, 0.1) is 16.1 Å². The van der Waals surface area contributed by atoms with Gasteiger partial charge in [0.25, 0.3) is 5.69 Å². The second kappa shape index (κ2) is 8.69. The van der Waals surface area contributed by atoms with Gasteiger partial charge in [0.1, 0.15) is 18.2 Å². The fraction of sp³-hybridized carbons (Fsp3) is 0.160. The van der Waals surface area contributed by atoms with Gasteiger partial charge in [0.15, 0.2) is 5.76 Å². The minimum Gasteiger partial charge on any atom is -0.478 e. The van der Waals surface area contributed by atoms with E-state index in [0.29, 0.717) is 35.9 Å². The Morgan fingerprint density at radius 1 is 1.12 bits per heavy atom. The van der Waals surface area contributed by atoms with Crippen LogP contribution in [0.15, 0.2) is 66.4 Å². The SMILES string of the molecule is O=C1/C(=C/c2cccc([N+](=O)[O-])c2)Oc2c1ccc1c2CN(CCc2ccccc2Cl)CO1. The maximum atomic E-state index is 12.9. The molecule has 33 heavy (non-hydrogen) atoms. The number of ether oxygens (including phenoxy) is 2. The summed E-state index contributed by atoms with van der Waals surface area (Å²) in [5.41, 5.74) is 2.81. The van der Waals surface area contributed by atoms with Crippen molar-refractivity contribution in [2.75, 3.05) is 13.3 Å². The van der Waals surface area contributed by atoms with Crippen LogP contribution in [0.1, 0.15) is 27.0 Å². The van der Waals surface area contributed by atoms with E-state index in [4.69, 9.17) is 21.1 Å². The summed E-state index contributed by atoms with van der Waals surface area (Å²) in [5, 5.41) is 11.8. The average molecular weight is 463 g/mol. The lowest BCUT2D eigenvalue weighted by atomic mass is 10.0. The number of halogens is 1. The molecule has 0 N–H and O–H groups in total. The minimum absolute atomic E-state index is 0.0488. The highest BCUT2D eigenvalue weighted by Crippen LogP contribution is 2.42. The predicted molar refractivity (Wildman–Crippen MR) is 124 cm³/mol. The number of non-ortho nitro benzene ring substituents is 1. The Hall–Kier alpha value is -3.68. The van der Waals surface area contributed by atoms with Crippen LogP contribution >= 0.6 is 11.6 Å². The molecule has 0 spiro atoms. The standard InChI is InChI=1S/C25H19ClN2O5/c26-21-7-2-1-5-17(21)10-11-27-14-20-22(32-15-27)9-8-19-24(29)23(33-25(19)20)13-16-4-3-6-18(12-16)28(30)31/h1-9,12-13H,10-11,14-15H2/b23-13-. The Kier molecular flexibility index (Phi) is 5.58. The maximum absolute atomic E-state index is 12.9. The Balaban J connectivity index is 1.37. The first-order valence-corrected chi connectivity index (χ1v) is 10.8. The molecule has 0 aromatic heterocycles. The number of hydrogen-bond acceptors (Lipinski definition) is 6. The molecule has 0 atom stereocenters. The summed E-state index contributed by atoms with van der Waals surface area (Å²) >= 11 is 6.27. The molecule has 0 unspecified atom stereocenters. The molecule has 8 heteroatoms. The van der Waals surface area contributed by atoms with Gasteiger partial charge in [-0.25, -0.2) is 0 Å². The molecule has 0 radical (unpaired) electrons. The highest BCUT2D eigenvalue weighted by molar-refractivity contribution is 6.31. The monoisotopic (exact) mass is 462 g/mol. The number of nitro groups is 1. The van der Waals surface area contributed by atoms with E-state index in [1.807, 2.05) is 24.3 Å². The number of ketones is 1. The van der Waals surface area contributed by atoms with Crippen molar-refractivity contribution in [3.63, 3.8) is 0 Å². The van der Waals surface area contributed by atoms with Gasteiger partial charge >= 0.3 is 0 Å².